The average molecular weight is 281 g/mol. The minimum atomic E-state index is 0.692. The van der Waals surface area contributed by atoms with Crippen molar-refractivity contribution < 1.29 is 0 Å². The monoisotopic (exact) mass is 281 g/mol. The van der Waals surface area contributed by atoms with E-state index in [-0.39, 0.29) is 0 Å². The summed E-state index contributed by atoms with van der Waals surface area (Å²) in [4.78, 5) is 2.46. The van der Waals surface area contributed by atoms with Gasteiger partial charge in [0.1, 0.15) is 10.7 Å². The van der Waals surface area contributed by atoms with Crippen LogP contribution in [0.5, 0.6) is 0 Å². The summed E-state index contributed by atoms with van der Waals surface area (Å²) in [6.07, 6.45) is 2.57. The number of nitrogens with one attached hydrogen (secondary N) is 1. The molecule has 3 N–H and O–H groups in total. The van der Waals surface area contributed by atoms with E-state index in [9.17, 15) is 0 Å². The zero-order valence-corrected chi connectivity index (χ0v) is 11.5. The van der Waals surface area contributed by atoms with Gasteiger partial charge in [-0.3, -0.25) is 4.90 Å². The Morgan fingerprint density at radius 3 is 3.00 bits per heavy atom. The van der Waals surface area contributed by atoms with Gasteiger partial charge in [-0.1, -0.05) is 4.49 Å². The van der Waals surface area contributed by atoms with Crippen molar-refractivity contribution in [1.29, 1.82) is 0 Å². The van der Waals surface area contributed by atoms with E-state index in [2.05, 4.69) is 36.7 Å². The Kier molecular flexibility index (Phi) is 3.55. The van der Waals surface area contributed by atoms with Gasteiger partial charge in [0.05, 0.1) is 0 Å². The number of anilines is 1. The summed E-state index contributed by atoms with van der Waals surface area (Å²) < 4.78 is 3.95. The fourth-order valence-electron chi connectivity index (χ4n) is 1.98. The van der Waals surface area contributed by atoms with Crippen molar-refractivity contribution in [1.82, 2.24) is 14.5 Å². The molecule has 0 amide bonds. The normalized spacial score (nSPS) is 15.2. The molecule has 18 heavy (non-hydrogen) atoms. The van der Waals surface area contributed by atoms with Crippen molar-refractivity contribution in [3.8, 4) is 0 Å². The minimum Gasteiger partial charge on any atom is -0.313 e. The number of aromatic nitrogens is 2. The topological polar surface area (TPSA) is 67.1 Å². The number of hydrazine groups is 1. The molecular weight excluding hydrogens is 266 g/mol. The van der Waals surface area contributed by atoms with Crippen molar-refractivity contribution >= 4 is 27.9 Å². The Morgan fingerprint density at radius 2 is 2.33 bits per heavy atom. The van der Waals surface area contributed by atoms with Crippen molar-refractivity contribution in [2.24, 2.45) is 5.84 Å². The third-order valence-electron chi connectivity index (χ3n) is 3.07. The maximum atomic E-state index is 5.46. The number of nitrogens with zero attached hydrogens (tertiary/aromatic N) is 3. The Morgan fingerprint density at radius 1 is 1.44 bits per heavy atom. The van der Waals surface area contributed by atoms with Crippen LogP contribution in [0.4, 0.5) is 5.00 Å². The second-order valence-corrected chi connectivity index (χ2v) is 6.00. The molecule has 2 heterocycles. The van der Waals surface area contributed by atoms with E-state index in [1.807, 2.05) is 0 Å². The molecule has 0 aromatic carbocycles. The molecule has 0 radical (unpaired) electrons. The molecule has 1 aliphatic carbocycles. The average Bonchev–Trinajstić information content (AvgIpc) is 2.92. The fraction of sp³-hybridized carbons (Fsp3) is 0.455. The van der Waals surface area contributed by atoms with E-state index in [0.29, 0.717) is 6.04 Å². The van der Waals surface area contributed by atoms with E-state index in [1.54, 1.807) is 11.3 Å². The maximum Gasteiger partial charge on any atom is 0.148 e. The van der Waals surface area contributed by atoms with E-state index >= 15 is 0 Å². The van der Waals surface area contributed by atoms with Crippen molar-refractivity contribution in [2.45, 2.75) is 32.0 Å². The highest BCUT2D eigenvalue weighted by Crippen LogP contribution is 2.31. The molecule has 1 saturated carbocycles. The van der Waals surface area contributed by atoms with E-state index < -0.39 is 0 Å². The van der Waals surface area contributed by atoms with Gasteiger partial charge in [0.2, 0.25) is 0 Å². The Bertz CT molecular complexity index is 491. The molecule has 0 atom stereocenters. The third-order valence-corrected chi connectivity index (χ3v) is 4.50. The standard InChI is InChI=1S/C11H15N5S2/c12-13-11-10(14-15-18-11)6-16(9-1-2-9)5-8-3-4-17-7-8/h3-4,7,9,13H,1-2,5-6,12H2. The highest BCUT2D eigenvalue weighted by atomic mass is 32.1. The lowest BCUT2D eigenvalue weighted by molar-refractivity contribution is 0.243. The van der Waals surface area contributed by atoms with Crippen molar-refractivity contribution in [3.63, 3.8) is 0 Å². The molecule has 0 saturated heterocycles. The van der Waals surface area contributed by atoms with Crippen LogP contribution >= 0.6 is 22.9 Å². The summed E-state index contributed by atoms with van der Waals surface area (Å²) in [6, 6.07) is 2.87. The zero-order chi connectivity index (χ0) is 12.4. The van der Waals surface area contributed by atoms with E-state index in [4.69, 9.17) is 5.84 Å². The molecule has 0 spiro atoms. The lowest BCUT2D eigenvalue weighted by Crippen LogP contribution is -2.25. The number of nitrogen functional groups attached to an aromatic ring is 1. The predicted molar refractivity (Wildman–Crippen MR) is 74.3 cm³/mol. The smallest absolute Gasteiger partial charge is 0.148 e. The molecule has 0 unspecified atom stereocenters. The molecule has 7 heteroatoms. The van der Waals surface area contributed by atoms with Gasteiger partial charge in [-0.2, -0.15) is 11.3 Å². The second kappa shape index (κ2) is 5.31. The largest absolute Gasteiger partial charge is 0.313 e. The first-order valence-corrected chi connectivity index (χ1v) is 7.61. The van der Waals surface area contributed by atoms with Gasteiger partial charge in [0, 0.05) is 30.7 Å². The molecular formula is C11H15N5S2. The van der Waals surface area contributed by atoms with Crippen LogP contribution in [0.15, 0.2) is 16.8 Å². The highest BCUT2D eigenvalue weighted by Gasteiger charge is 2.30. The molecule has 1 aliphatic rings. The summed E-state index contributed by atoms with van der Waals surface area (Å²) >= 11 is 3.05. The van der Waals surface area contributed by atoms with Gasteiger partial charge in [-0.25, -0.2) is 5.84 Å². The summed E-state index contributed by atoms with van der Waals surface area (Å²) in [7, 11) is 0. The second-order valence-electron chi connectivity index (χ2n) is 4.46. The maximum absolute atomic E-state index is 5.46. The fourth-order valence-corrected chi connectivity index (χ4v) is 3.13. The quantitative estimate of drug-likeness (QED) is 0.626. The van der Waals surface area contributed by atoms with Crippen molar-refractivity contribution in [3.05, 3.63) is 28.1 Å². The number of rotatable bonds is 6. The SMILES string of the molecule is NNc1snnc1CN(Cc1ccsc1)C1CC1. The Labute approximate surface area is 114 Å². The minimum absolute atomic E-state index is 0.692. The number of hydrogen-bond donors (Lipinski definition) is 2. The van der Waals surface area contributed by atoms with Gasteiger partial charge < -0.3 is 5.43 Å². The van der Waals surface area contributed by atoms with Crippen molar-refractivity contribution in [2.75, 3.05) is 5.43 Å². The Balaban J connectivity index is 1.70. The van der Waals surface area contributed by atoms with Gasteiger partial charge in [-0.05, 0) is 35.2 Å². The number of hydrogen-bond acceptors (Lipinski definition) is 7. The van der Waals surface area contributed by atoms with Crippen LogP contribution in [-0.2, 0) is 13.1 Å². The molecule has 5 nitrogen and oxygen atoms in total. The van der Waals surface area contributed by atoms with E-state index in [1.165, 1.54) is 29.9 Å². The van der Waals surface area contributed by atoms with Crippen LogP contribution in [0.2, 0.25) is 0 Å². The van der Waals surface area contributed by atoms with Crippen LogP contribution in [0.25, 0.3) is 0 Å². The van der Waals surface area contributed by atoms with Gasteiger partial charge in [0.15, 0.2) is 0 Å². The molecule has 2 aromatic heterocycles. The lowest BCUT2D eigenvalue weighted by atomic mass is 10.3. The lowest BCUT2D eigenvalue weighted by Gasteiger charge is -2.20. The molecule has 0 aliphatic heterocycles. The Hall–Kier alpha value is -1.02. The first-order valence-electron chi connectivity index (χ1n) is 5.90. The molecule has 96 valence electrons. The van der Waals surface area contributed by atoms with Crippen LogP contribution < -0.4 is 11.3 Å². The summed E-state index contributed by atoms with van der Waals surface area (Å²) in [6.45, 7) is 1.80. The van der Waals surface area contributed by atoms with E-state index in [0.717, 1.165) is 23.8 Å². The van der Waals surface area contributed by atoms with Crippen LogP contribution in [0.3, 0.4) is 0 Å². The summed E-state index contributed by atoms with van der Waals surface area (Å²) in [5, 5.41) is 9.35. The third kappa shape index (κ3) is 2.69. The first kappa shape index (κ1) is 12.0. The van der Waals surface area contributed by atoms with Gasteiger partial charge in [0.25, 0.3) is 0 Å². The zero-order valence-electron chi connectivity index (χ0n) is 9.87. The first-order chi connectivity index (χ1) is 8.86. The number of thiophene rings is 1. The summed E-state index contributed by atoms with van der Waals surface area (Å²) in [5.74, 6) is 5.46. The highest BCUT2D eigenvalue weighted by molar-refractivity contribution is 7.10. The molecule has 3 rings (SSSR count). The van der Waals surface area contributed by atoms with Gasteiger partial charge >= 0.3 is 0 Å². The van der Waals surface area contributed by atoms with Crippen LogP contribution in [-0.4, -0.2) is 20.5 Å². The molecule has 2 aromatic rings. The van der Waals surface area contributed by atoms with Crippen LogP contribution in [0, 0.1) is 0 Å². The summed E-state index contributed by atoms with van der Waals surface area (Å²) in [5.41, 5.74) is 4.99. The number of nitrogens with two attached hydrogens (primary N) is 1. The molecule has 1 fully saturated rings. The van der Waals surface area contributed by atoms with Crippen LogP contribution in [0.1, 0.15) is 24.1 Å². The molecule has 0 bridgehead atoms. The van der Waals surface area contributed by atoms with Gasteiger partial charge in [-0.15, -0.1) is 5.10 Å². The predicted octanol–water partition coefficient (Wildman–Crippen LogP) is 2.05.